The largest absolute Gasteiger partial charge is 0.480 e. The first-order valence-corrected chi connectivity index (χ1v) is 7.35. The average Bonchev–Trinajstić information content (AvgIpc) is 2.43. The Morgan fingerprint density at radius 2 is 1.90 bits per heavy atom. The minimum Gasteiger partial charge on any atom is -0.480 e. The molecular weight excluding hydrogens is 286 g/mol. The summed E-state index contributed by atoms with van der Waals surface area (Å²) in [6.07, 6.45) is -0.340. The second-order valence-electron chi connectivity index (χ2n) is 3.94. The van der Waals surface area contributed by atoms with Crippen molar-refractivity contribution in [2.24, 2.45) is 0 Å². The Kier molecular flexibility index (Phi) is 5.66. The van der Waals surface area contributed by atoms with Crippen molar-refractivity contribution < 1.29 is 27.9 Å². The molecule has 0 spiro atoms. The molecule has 0 aromatic heterocycles. The van der Waals surface area contributed by atoms with Gasteiger partial charge in [-0.15, -0.1) is 0 Å². The number of carbonyl (C=O) groups is 2. The first-order chi connectivity index (χ1) is 9.35. The first-order valence-electron chi connectivity index (χ1n) is 5.70. The Hall–Kier alpha value is -1.93. The molecule has 2 N–H and O–H groups in total. The minimum atomic E-state index is -3.91. The molecule has 7 nitrogen and oxygen atoms in total. The van der Waals surface area contributed by atoms with Crippen LogP contribution in [0.2, 0.25) is 0 Å². The van der Waals surface area contributed by atoms with Crippen LogP contribution in [0.3, 0.4) is 0 Å². The van der Waals surface area contributed by atoms with Crippen LogP contribution in [-0.2, 0) is 24.3 Å². The van der Waals surface area contributed by atoms with Crippen molar-refractivity contribution in [3.8, 4) is 0 Å². The second kappa shape index (κ2) is 7.01. The lowest BCUT2D eigenvalue weighted by Gasteiger charge is -2.14. The third-order valence-electron chi connectivity index (χ3n) is 2.48. The number of rotatable bonds is 7. The van der Waals surface area contributed by atoms with Crippen molar-refractivity contribution >= 4 is 22.0 Å². The maximum absolute atomic E-state index is 11.8. The Morgan fingerprint density at radius 1 is 1.30 bits per heavy atom. The van der Waals surface area contributed by atoms with Crippen molar-refractivity contribution in [1.82, 2.24) is 4.72 Å². The number of carboxylic acid groups (broad SMARTS) is 1. The summed E-state index contributed by atoms with van der Waals surface area (Å²) < 4.78 is 29.9. The molecule has 0 aliphatic rings. The Labute approximate surface area is 116 Å². The van der Waals surface area contributed by atoms with E-state index < -0.39 is 33.8 Å². The van der Waals surface area contributed by atoms with E-state index in [1.165, 1.54) is 12.1 Å². The monoisotopic (exact) mass is 301 g/mol. The maximum Gasteiger partial charge on any atom is 0.326 e. The molecule has 0 fully saturated rings. The van der Waals surface area contributed by atoms with Crippen molar-refractivity contribution in [2.45, 2.75) is 12.5 Å². The topological polar surface area (TPSA) is 110 Å². The van der Waals surface area contributed by atoms with Gasteiger partial charge >= 0.3 is 11.9 Å². The van der Waals surface area contributed by atoms with Crippen molar-refractivity contribution in [3.05, 3.63) is 35.9 Å². The predicted molar refractivity (Wildman–Crippen MR) is 70.4 cm³/mol. The minimum absolute atomic E-state index is 0.307. The number of carbonyl (C=O) groups excluding carboxylic acids is 1. The van der Waals surface area contributed by atoms with E-state index in [0.29, 0.717) is 5.56 Å². The number of sulfonamides is 1. The molecule has 1 rings (SSSR count). The number of nitrogens with one attached hydrogen (secondary N) is 1. The zero-order valence-corrected chi connectivity index (χ0v) is 11.6. The summed E-state index contributed by atoms with van der Waals surface area (Å²) >= 11 is 0. The molecule has 0 aliphatic carbocycles. The molecule has 1 aromatic carbocycles. The van der Waals surface area contributed by atoms with E-state index in [2.05, 4.69) is 9.46 Å². The summed E-state index contributed by atoms with van der Waals surface area (Å²) in [6.45, 7) is 0. The third-order valence-corrected chi connectivity index (χ3v) is 3.82. The number of carboxylic acids is 1. The fraction of sp³-hybridized carbons (Fsp3) is 0.333. The average molecular weight is 301 g/mol. The molecule has 20 heavy (non-hydrogen) atoms. The zero-order chi connectivity index (χ0) is 15.2. The molecule has 0 aliphatic heterocycles. The number of benzene rings is 1. The van der Waals surface area contributed by atoms with Crippen molar-refractivity contribution in [3.63, 3.8) is 0 Å². The standard InChI is InChI=1S/C12H15NO6S/c1-19-10(14)7-8-20(17,18)13-11(12(15)16)9-5-3-2-4-6-9/h2-6,11,13H,7-8H2,1H3,(H,15,16)/t11-/m1/s1. The quantitative estimate of drug-likeness (QED) is 0.701. The molecule has 0 saturated carbocycles. The first kappa shape index (κ1) is 16.1. The Bertz CT molecular complexity index is 569. The van der Waals surface area contributed by atoms with Gasteiger partial charge in [0.15, 0.2) is 0 Å². The van der Waals surface area contributed by atoms with E-state index in [9.17, 15) is 18.0 Å². The van der Waals surface area contributed by atoms with Crippen LogP contribution in [0.5, 0.6) is 0 Å². The van der Waals surface area contributed by atoms with Gasteiger partial charge < -0.3 is 9.84 Å². The molecule has 1 atom stereocenters. The fourth-order valence-electron chi connectivity index (χ4n) is 1.46. The highest BCUT2D eigenvalue weighted by Crippen LogP contribution is 2.14. The summed E-state index contributed by atoms with van der Waals surface area (Å²) in [6, 6.07) is 6.51. The summed E-state index contributed by atoms with van der Waals surface area (Å²) in [5.41, 5.74) is 0.307. The molecule has 0 heterocycles. The van der Waals surface area contributed by atoms with E-state index in [4.69, 9.17) is 5.11 Å². The van der Waals surface area contributed by atoms with E-state index in [1.807, 2.05) is 0 Å². The van der Waals surface area contributed by atoms with Crippen molar-refractivity contribution in [2.75, 3.05) is 12.9 Å². The van der Waals surface area contributed by atoms with Crippen LogP contribution in [0.15, 0.2) is 30.3 Å². The number of hydrogen-bond acceptors (Lipinski definition) is 5. The van der Waals surface area contributed by atoms with Crippen molar-refractivity contribution in [1.29, 1.82) is 0 Å². The predicted octanol–water partition coefficient (Wildman–Crippen LogP) is 0.295. The van der Waals surface area contributed by atoms with Gasteiger partial charge in [-0.2, -0.15) is 4.72 Å². The molecule has 0 saturated heterocycles. The molecule has 110 valence electrons. The van der Waals surface area contributed by atoms with Gasteiger partial charge in [0.05, 0.1) is 19.3 Å². The molecule has 1 aromatic rings. The van der Waals surface area contributed by atoms with Gasteiger partial charge in [-0.25, -0.2) is 8.42 Å². The number of aliphatic carboxylic acids is 1. The molecule has 0 radical (unpaired) electrons. The van der Waals surface area contributed by atoms with E-state index in [0.717, 1.165) is 7.11 Å². The lowest BCUT2D eigenvalue weighted by atomic mass is 10.1. The van der Waals surface area contributed by atoms with Crippen LogP contribution in [0.4, 0.5) is 0 Å². The van der Waals surface area contributed by atoms with Crippen LogP contribution in [0.1, 0.15) is 18.0 Å². The number of hydrogen-bond donors (Lipinski definition) is 2. The number of ether oxygens (including phenoxy) is 1. The summed E-state index contributed by atoms with van der Waals surface area (Å²) in [7, 11) is -2.77. The SMILES string of the molecule is COC(=O)CCS(=O)(=O)N[C@@H](C(=O)O)c1ccccc1. The van der Waals surface area contributed by atoms with Crippen LogP contribution >= 0.6 is 0 Å². The molecule has 0 bridgehead atoms. The maximum atomic E-state index is 11.8. The summed E-state index contributed by atoms with van der Waals surface area (Å²) in [5.74, 6) is -2.53. The van der Waals surface area contributed by atoms with Gasteiger partial charge in [-0.3, -0.25) is 9.59 Å². The van der Waals surface area contributed by atoms with Gasteiger partial charge in [0.1, 0.15) is 6.04 Å². The van der Waals surface area contributed by atoms with Gasteiger partial charge in [0.25, 0.3) is 0 Å². The number of esters is 1. The number of methoxy groups -OCH3 is 1. The van der Waals surface area contributed by atoms with E-state index >= 15 is 0 Å². The van der Waals surface area contributed by atoms with Crippen LogP contribution in [0, 0.1) is 0 Å². The highest BCUT2D eigenvalue weighted by atomic mass is 32.2. The zero-order valence-electron chi connectivity index (χ0n) is 10.8. The normalized spacial score (nSPS) is 12.7. The third kappa shape index (κ3) is 4.98. The molecule has 8 heteroatoms. The van der Waals surface area contributed by atoms with Crippen LogP contribution < -0.4 is 4.72 Å². The highest BCUT2D eigenvalue weighted by molar-refractivity contribution is 7.89. The lowest BCUT2D eigenvalue weighted by molar-refractivity contribution is -0.140. The van der Waals surface area contributed by atoms with Gasteiger partial charge in [-0.1, -0.05) is 30.3 Å². The fourth-order valence-corrected chi connectivity index (χ4v) is 2.61. The molecular formula is C12H15NO6S. The lowest BCUT2D eigenvalue weighted by Crippen LogP contribution is -2.35. The Morgan fingerprint density at radius 3 is 2.40 bits per heavy atom. The summed E-state index contributed by atoms with van der Waals surface area (Å²) in [4.78, 5) is 22.1. The van der Waals surface area contributed by atoms with Gasteiger partial charge in [0, 0.05) is 0 Å². The molecule has 0 amide bonds. The van der Waals surface area contributed by atoms with Crippen LogP contribution in [-0.4, -0.2) is 38.3 Å². The smallest absolute Gasteiger partial charge is 0.326 e. The van der Waals surface area contributed by atoms with Gasteiger partial charge in [0.2, 0.25) is 10.0 Å². The van der Waals surface area contributed by atoms with E-state index in [-0.39, 0.29) is 6.42 Å². The summed E-state index contributed by atoms with van der Waals surface area (Å²) in [5, 5.41) is 9.10. The molecule has 0 unspecified atom stereocenters. The highest BCUT2D eigenvalue weighted by Gasteiger charge is 2.25. The van der Waals surface area contributed by atoms with E-state index in [1.54, 1.807) is 18.2 Å². The van der Waals surface area contributed by atoms with Crippen LogP contribution in [0.25, 0.3) is 0 Å². The second-order valence-corrected chi connectivity index (χ2v) is 5.82. The Balaban J connectivity index is 2.81. The van der Waals surface area contributed by atoms with Gasteiger partial charge in [-0.05, 0) is 5.56 Å².